The molecule has 4 rings (SSSR count). The molecule has 0 bridgehead atoms. The number of amides is 1. The third-order valence-corrected chi connectivity index (χ3v) is 6.64. The van der Waals surface area contributed by atoms with Gasteiger partial charge in [0.2, 0.25) is 5.91 Å². The smallest absolute Gasteiger partial charge is 0.223 e. The van der Waals surface area contributed by atoms with Crippen LogP contribution in [0.15, 0.2) is 30.3 Å². The van der Waals surface area contributed by atoms with Gasteiger partial charge in [0.25, 0.3) is 0 Å². The lowest BCUT2D eigenvalue weighted by Gasteiger charge is -2.49. The van der Waals surface area contributed by atoms with E-state index in [4.69, 9.17) is 0 Å². The summed E-state index contributed by atoms with van der Waals surface area (Å²) in [7, 11) is 0. The lowest BCUT2D eigenvalue weighted by atomic mass is 9.79. The highest BCUT2D eigenvalue weighted by atomic mass is 16.3. The van der Waals surface area contributed by atoms with E-state index in [1.807, 2.05) is 13.0 Å². The lowest BCUT2D eigenvalue weighted by molar-refractivity contribution is -0.132. The van der Waals surface area contributed by atoms with Crippen LogP contribution in [0.1, 0.15) is 63.5 Å². The SMILES string of the molecule is CC1(O)CCN(CC2CC2)C(c2ccccc2)C1NC(=O)C1CCCC1. The van der Waals surface area contributed by atoms with Gasteiger partial charge in [-0.25, -0.2) is 0 Å². The molecule has 1 aliphatic heterocycles. The molecular weight excluding hydrogens is 324 g/mol. The minimum Gasteiger partial charge on any atom is -0.388 e. The maximum Gasteiger partial charge on any atom is 0.223 e. The van der Waals surface area contributed by atoms with Crippen molar-refractivity contribution in [3.63, 3.8) is 0 Å². The fraction of sp³-hybridized carbons (Fsp3) is 0.682. The van der Waals surface area contributed by atoms with E-state index >= 15 is 0 Å². The van der Waals surface area contributed by atoms with Crippen LogP contribution in [0.2, 0.25) is 0 Å². The number of benzene rings is 1. The standard InChI is InChI=1S/C22H32N2O2/c1-22(26)13-14-24(15-16-11-12-16)19(17-7-3-2-4-8-17)20(22)23-21(25)18-9-5-6-10-18/h2-4,7-8,16,18-20,26H,5-6,9-15H2,1H3,(H,23,25). The van der Waals surface area contributed by atoms with Crippen LogP contribution in [0, 0.1) is 11.8 Å². The van der Waals surface area contributed by atoms with Gasteiger partial charge in [-0.3, -0.25) is 9.69 Å². The van der Waals surface area contributed by atoms with Crippen LogP contribution >= 0.6 is 0 Å². The Balaban J connectivity index is 1.61. The predicted molar refractivity (Wildman–Crippen MR) is 103 cm³/mol. The van der Waals surface area contributed by atoms with Gasteiger partial charge >= 0.3 is 0 Å². The number of carbonyl (C=O) groups excluding carboxylic acids is 1. The molecule has 3 aliphatic rings. The quantitative estimate of drug-likeness (QED) is 0.851. The summed E-state index contributed by atoms with van der Waals surface area (Å²) in [5.74, 6) is 1.05. The number of carbonyl (C=O) groups is 1. The number of nitrogens with one attached hydrogen (secondary N) is 1. The number of rotatable bonds is 5. The van der Waals surface area contributed by atoms with Gasteiger partial charge in [0.15, 0.2) is 0 Å². The van der Waals surface area contributed by atoms with Crippen molar-refractivity contribution < 1.29 is 9.90 Å². The second-order valence-electron chi connectivity index (χ2n) is 8.87. The van der Waals surface area contributed by atoms with Crippen molar-refractivity contribution in [1.29, 1.82) is 0 Å². The van der Waals surface area contributed by atoms with Crippen LogP contribution in [0.3, 0.4) is 0 Å². The number of likely N-dealkylation sites (tertiary alicyclic amines) is 1. The Hall–Kier alpha value is -1.39. The Bertz CT molecular complexity index is 620. The van der Waals surface area contributed by atoms with Gasteiger partial charge < -0.3 is 10.4 Å². The third-order valence-electron chi connectivity index (χ3n) is 6.64. The van der Waals surface area contributed by atoms with Gasteiger partial charge in [0, 0.05) is 19.0 Å². The summed E-state index contributed by atoms with van der Waals surface area (Å²) in [4.78, 5) is 15.4. The Morgan fingerprint density at radius 3 is 2.54 bits per heavy atom. The molecule has 1 aromatic rings. The van der Waals surface area contributed by atoms with Crippen LogP contribution in [-0.4, -0.2) is 40.6 Å². The summed E-state index contributed by atoms with van der Waals surface area (Å²) >= 11 is 0. The van der Waals surface area contributed by atoms with Crippen LogP contribution in [0.4, 0.5) is 0 Å². The largest absolute Gasteiger partial charge is 0.388 e. The molecule has 2 N–H and O–H groups in total. The number of aliphatic hydroxyl groups is 1. The number of hydrogen-bond acceptors (Lipinski definition) is 3. The van der Waals surface area contributed by atoms with Gasteiger partial charge in [0.1, 0.15) is 0 Å². The summed E-state index contributed by atoms with van der Waals surface area (Å²) in [6.07, 6.45) is 7.61. The van der Waals surface area contributed by atoms with E-state index in [0.29, 0.717) is 6.42 Å². The summed E-state index contributed by atoms with van der Waals surface area (Å²) < 4.78 is 0. The number of hydrogen-bond donors (Lipinski definition) is 2. The summed E-state index contributed by atoms with van der Waals surface area (Å²) in [6, 6.07) is 10.2. The molecule has 3 unspecified atom stereocenters. The van der Waals surface area contributed by atoms with Crippen molar-refractivity contribution in [3.05, 3.63) is 35.9 Å². The molecule has 0 spiro atoms. The van der Waals surface area contributed by atoms with E-state index in [1.165, 1.54) is 18.4 Å². The monoisotopic (exact) mass is 356 g/mol. The van der Waals surface area contributed by atoms with E-state index in [9.17, 15) is 9.90 Å². The first-order valence-corrected chi connectivity index (χ1v) is 10.4. The molecule has 1 saturated heterocycles. The molecule has 4 heteroatoms. The van der Waals surface area contributed by atoms with Crippen molar-refractivity contribution in [2.24, 2.45) is 11.8 Å². The summed E-state index contributed by atoms with van der Waals surface area (Å²) in [5.41, 5.74) is 0.319. The Morgan fingerprint density at radius 1 is 1.19 bits per heavy atom. The first-order valence-electron chi connectivity index (χ1n) is 10.4. The van der Waals surface area contributed by atoms with Gasteiger partial charge in [0.05, 0.1) is 17.7 Å². The van der Waals surface area contributed by atoms with Crippen molar-refractivity contribution in [2.75, 3.05) is 13.1 Å². The molecule has 1 heterocycles. The normalized spacial score (nSPS) is 33.3. The fourth-order valence-corrected chi connectivity index (χ4v) is 4.80. The zero-order valence-electron chi connectivity index (χ0n) is 15.9. The Morgan fingerprint density at radius 2 is 1.88 bits per heavy atom. The highest BCUT2D eigenvalue weighted by Gasteiger charge is 2.47. The van der Waals surface area contributed by atoms with Crippen molar-refractivity contribution in [2.45, 2.75) is 69.6 Å². The number of nitrogens with zero attached hydrogens (tertiary/aromatic N) is 1. The van der Waals surface area contributed by atoms with E-state index in [0.717, 1.165) is 44.7 Å². The summed E-state index contributed by atoms with van der Waals surface area (Å²) in [5, 5.41) is 14.5. The fourth-order valence-electron chi connectivity index (χ4n) is 4.80. The molecule has 1 amide bonds. The third kappa shape index (κ3) is 3.81. The predicted octanol–water partition coefficient (Wildman–Crippen LogP) is 3.27. The van der Waals surface area contributed by atoms with Gasteiger partial charge in [-0.1, -0.05) is 43.2 Å². The molecule has 2 aliphatic carbocycles. The highest BCUT2D eigenvalue weighted by Crippen LogP contribution is 2.40. The van der Waals surface area contributed by atoms with E-state index in [1.54, 1.807) is 0 Å². The molecule has 0 aromatic heterocycles. The van der Waals surface area contributed by atoms with Crippen molar-refractivity contribution >= 4 is 5.91 Å². The van der Waals surface area contributed by atoms with Crippen molar-refractivity contribution in [1.82, 2.24) is 10.2 Å². The Labute approximate surface area is 157 Å². The molecule has 0 radical (unpaired) electrons. The molecule has 2 saturated carbocycles. The van der Waals surface area contributed by atoms with Crippen molar-refractivity contribution in [3.8, 4) is 0 Å². The molecular formula is C22H32N2O2. The first-order chi connectivity index (χ1) is 12.5. The minimum absolute atomic E-state index is 0.0471. The second-order valence-corrected chi connectivity index (χ2v) is 8.87. The zero-order chi connectivity index (χ0) is 18.1. The maximum atomic E-state index is 12.9. The first kappa shape index (κ1) is 18.0. The summed E-state index contributed by atoms with van der Waals surface area (Å²) in [6.45, 7) is 3.86. The van der Waals surface area contributed by atoms with Crippen LogP contribution in [0.25, 0.3) is 0 Å². The molecule has 142 valence electrons. The highest BCUT2D eigenvalue weighted by molar-refractivity contribution is 5.79. The maximum absolute atomic E-state index is 12.9. The molecule has 3 fully saturated rings. The minimum atomic E-state index is -0.880. The molecule has 1 aromatic carbocycles. The average molecular weight is 357 g/mol. The van der Waals surface area contributed by atoms with E-state index in [-0.39, 0.29) is 23.9 Å². The van der Waals surface area contributed by atoms with Crippen LogP contribution in [-0.2, 0) is 4.79 Å². The van der Waals surface area contributed by atoms with E-state index < -0.39 is 5.60 Å². The number of piperidine rings is 1. The van der Waals surface area contributed by atoms with Crippen LogP contribution < -0.4 is 5.32 Å². The molecule has 4 nitrogen and oxygen atoms in total. The Kier molecular flexibility index (Phi) is 5.07. The van der Waals surface area contributed by atoms with Gasteiger partial charge in [-0.2, -0.15) is 0 Å². The average Bonchev–Trinajstić information content (AvgIpc) is 3.27. The van der Waals surface area contributed by atoms with Gasteiger partial charge in [-0.05, 0) is 50.5 Å². The second kappa shape index (κ2) is 7.32. The molecule has 26 heavy (non-hydrogen) atoms. The topological polar surface area (TPSA) is 52.6 Å². The van der Waals surface area contributed by atoms with E-state index in [2.05, 4.69) is 34.5 Å². The van der Waals surface area contributed by atoms with Crippen LogP contribution in [0.5, 0.6) is 0 Å². The lowest BCUT2D eigenvalue weighted by Crippen LogP contribution is -2.63. The zero-order valence-corrected chi connectivity index (χ0v) is 15.9. The van der Waals surface area contributed by atoms with Gasteiger partial charge in [-0.15, -0.1) is 0 Å². The molecule has 3 atom stereocenters.